The van der Waals surface area contributed by atoms with Crippen LogP contribution in [0.15, 0.2) is 42.5 Å². The van der Waals surface area contributed by atoms with Gasteiger partial charge >= 0.3 is 6.03 Å². The molecule has 0 bridgehead atoms. The topological polar surface area (TPSA) is 67.1 Å². The van der Waals surface area contributed by atoms with Crippen molar-refractivity contribution in [3.8, 4) is 0 Å². The van der Waals surface area contributed by atoms with Crippen LogP contribution >= 0.6 is 0 Å². The molecule has 0 unspecified atom stereocenters. The van der Waals surface area contributed by atoms with Gasteiger partial charge in [0.2, 0.25) is 0 Å². The van der Waals surface area contributed by atoms with E-state index < -0.39 is 17.7 Å². The molecule has 4 N–H and O–H groups in total. The molecule has 19 heavy (non-hydrogen) atoms. The highest BCUT2D eigenvalue weighted by Gasteiger charge is 2.07. The second-order valence-corrected chi connectivity index (χ2v) is 3.83. The summed E-state index contributed by atoms with van der Waals surface area (Å²) in [6.07, 6.45) is 0. The van der Waals surface area contributed by atoms with E-state index in [0.29, 0.717) is 17.4 Å². The zero-order valence-corrected chi connectivity index (χ0v) is 9.78. The highest BCUT2D eigenvalue weighted by atomic mass is 19.1. The molecule has 6 heteroatoms. The van der Waals surface area contributed by atoms with Gasteiger partial charge in [-0.2, -0.15) is 0 Å². The summed E-state index contributed by atoms with van der Waals surface area (Å²) in [5.41, 5.74) is 6.47. The first-order valence-corrected chi connectivity index (χ1v) is 5.43. The van der Waals surface area contributed by atoms with E-state index in [4.69, 9.17) is 5.73 Å². The summed E-state index contributed by atoms with van der Waals surface area (Å²) in [4.78, 5) is 11.6. The number of halogens is 2. The van der Waals surface area contributed by atoms with Gasteiger partial charge in [-0.05, 0) is 36.4 Å². The largest absolute Gasteiger partial charge is 0.399 e. The number of nitrogen functional groups attached to an aromatic ring is 1. The van der Waals surface area contributed by atoms with Crippen LogP contribution in [-0.4, -0.2) is 6.03 Å². The smallest absolute Gasteiger partial charge is 0.323 e. The van der Waals surface area contributed by atoms with Crippen molar-refractivity contribution >= 4 is 23.1 Å². The lowest BCUT2D eigenvalue weighted by Crippen LogP contribution is -2.20. The third kappa shape index (κ3) is 3.41. The van der Waals surface area contributed by atoms with Crippen molar-refractivity contribution in [2.75, 3.05) is 16.4 Å². The molecule has 2 aromatic rings. The molecule has 0 aromatic heterocycles. The van der Waals surface area contributed by atoms with Crippen molar-refractivity contribution in [3.05, 3.63) is 54.1 Å². The number of nitrogens with one attached hydrogen (secondary N) is 2. The Labute approximate surface area is 108 Å². The van der Waals surface area contributed by atoms with Gasteiger partial charge in [-0.1, -0.05) is 0 Å². The third-order valence-corrected chi connectivity index (χ3v) is 2.35. The normalized spacial score (nSPS) is 10.0. The summed E-state index contributed by atoms with van der Waals surface area (Å²) < 4.78 is 26.0. The molecule has 2 amide bonds. The molecule has 2 rings (SSSR count). The van der Waals surface area contributed by atoms with Crippen LogP contribution in [0.2, 0.25) is 0 Å². The average Bonchev–Trinajstić information content (AvgIpc) is 2.36. The number of urea groups is 1. The molecular weight excluding hydrogens is 252 g/mol. The fraction of sp³-hybridized carbons (Fsp3) is 0. The van der Waals surface area contributed by atoms with Gasteiger partial charge < -0.3 is 16.4 Å². The molecule has 0 heterocycles. The maximum absolute atomic E-state index is 13.3. The number of carbonyl (C=O) groups is 1. The van der Waals surface area contributed by atoms with Crippen molar-refractivity contribution in [2.24, 2.45) is 0 Å². The summed E-state index contributed by atoms with van der Waals surface area (Å²) in [5, 5.41) is 4.77. The highest BCUT2D eigenvalue weighted by molar-refractivity contribution is 5.99. The Morgan fingerprint density at radius 1 is 1.00 bits per heavy atom. The molecule has 0 fully saturated rings. The maximum Gasteiger partial charge on any atom is 0.323 e. The lowest BCUT2D eigenvalue weighted by molar-refractivity contribution is 0.262. The Balaban J connectivity index is 2.03. The third-order valence-electron chi connectivity index (χ3n) is 2.35. The average molecular weight is 263 g/mol. The van der Waals surface area contributed by atoms with Crippen LogP contribution in [0.25, 0.3) is 0 Å². The van der Waals surface area contributed by atoms with Gasteiger partial charge in [-0.15, -0.1) is 0 Å². The minimum absolute atomic E-state index is 0.102. The first kappa shape index (κ1) is 12.8. The number of carbonyl (C=O) groups excluding carboxylic acids is 1. The van der Waals surface area contributed by atoms with E-state index in [1.807, 2.05) is 0 Å². The highest BCUT2D eigenvalue weighted by Crippen LogP contribution is 2.16. The van der Waals surface area contributed by atoms with E-state index in [-0.39, 0.29) is 5.69 Å². The number of hydrogen-bond acceptors (Lipinski definition) is 2. The van der Waals surface area contributed by atoms with Crippen LogP contribution < -0.4 is 16.4 Å². The number of nitrogens with two attached hydrogens (primary N) is 1. The Bertz CT molecular complexity index is 599. The molecule has 0 radical (unpaired) electrons. The van der Waals surface area contributed by atoms with Crippen LogP contribution in [0.3, 0.4) is 0 Å². The van der Waals surface area contributed by atoms with Gasteiger partial charge in [-0.3, -0.25) is 0 Å². The molecule has 0 aliphatic heterocycles. The zero-order chi connectivity index (χ0) is 13.8. The van der Waals surface area contributed by atoms with E-state index in [1.54, 1.807) is 24.3 Å². The fourth-order valence-corrected chi connectivity index (χ4v) is 1.44. The van der Waals surface area contributed by atoms with Crippen molar-refractivity contribution in [2.45, 2.75) is 0 Å². The predicted octanol–water partition coefficient (Wildman–Crippen LogP) is 3.19. The Morgan fingerprint density at radius 3 is 2.32 bits per heavy atom. The van der Waals surface area contributed by atoms with E-state index in [1.165, 1.54) is 0 Å². The van der Waals surface area contributed by atoms with E-state index in [2.05, 4.69) is 10.6 Å². The van der Waals surface area contributed by atoms with Crippen LogP contribution in [0.5, 0.6) is 0 Å². The van der Waals surface area contributed by atoms with Gasteiger partial charge in [0.25, 0.3) is 0 Å². The van der Waals surface area contributed by atoms with E-state index in [0.717, 1.165) is 12.1 Å². The summed E-state index contributed by atoms with van der Waals surface area (Å²) in [7, 11) is 0. The van der Waals surface area contributed by atoms with Crippen LogP contribution in [-0.2, 0) is 0 Å². The number of rotatable bonds is 2. The maximum atomic E-state index is 13.3. The summed E-state index contributed by atoms with van der Waals surface area (Å²) in [6.45, 7) is 0. The second-order valence-electron chi connectivity index (χ2n) is 3.83. The Morgan fingerprint density at radius 2 is 1.68 bits per heavy atom. The molecule has 0 atom stereocenters. The number of benzene rings is 2. The molecule has 0 spiro atoms. The van der Waals surface area contributed by atoms with Crippen molar-refractivity contribution in [1.29, 1.82) is 0 Å². The van der Waals surface area contributed by atoms with E-state index in [9.17, 15) is 13.6 Å². The van der Waals surface area contributed by atoms with Gasteiger partial charge in [0, 0.05) is 17.4 Å². The van der Waals surface area contributed by atoms with E-state index >= 15 is 0 Å². The standard InChI is InChI=1S/C13H11F2N3O/c14-8-1-6-12(11(15)7-8)18-13(19)17-10-4-2-9(16)3-5-10/h1-7H,16H2,(H2,17,18,19). The number of anilines is 3. The van der Waals surface area contributed by atoms with Gasteiger partial charge in [0.1, 0.15) is 11.6 Å². The summed E-state index contributed by atoms with van der Waals surface area (Å²) >= 11 is 0. The molecule has 2 aromatic carbocycles. The minimum Gasteiger partial charge on any atom is -0.399 e. The molecule has 4 nitrogen and oxygen atoms in total. The van der Waals surface area contributed by atoms with Crippen LogP contribution in [0.1, 0.15) is 0 Å². The van der Waals surface area contributed by atoms with Crippen molar-refractivity contribution < 1.29 is 13.6 Å². The summed E-state index contributed by atoms with van der Waals surface area (Å²) in [6, 6.07) is 8.72. The molecule has 0 aliphatic carbocycles. The monoisotopic (exact) mass is 263 g/mol. The number of amides is 2. The van der Waals surface area contributed by atoms with Crippen LogP contribution in [0, 0.1) is 11.6 Å². The summed E-state index contributed by atoms with van der Waals surface area (Å²) in [5.74, 6) is -1.55. The predicted molar refractivity (Wildman–Crippen MR) is 69.9 cm³/mol. The van der Waals surface area contributed by atoms with Crippen molar-refractivity contribution in [1.82, 2.24) is 0 Å². The van der Waals surface area contributed by atoms with Gasteiger partial charge in [0.15, 0.2) is 0 Å². The molecule has 0 saturated heterocycles. The van der Waals surface area contributed by atoms with Gasteiger partial charge in [-0.25, -0.2) is 13.6 Å². The quantitative estimate of drug-likeness (QED) is 0.728. The second kappa shape index (κ2) is 5.34. The SMILES string of the molecule is Nc1ccc(NC(=O)Nc2ccc(F)cc2F)cc1. The Hall–Kier alpha value is -2.63. The minimum atomic E-state index is -0.840. The number of hydrogen-bond donors (Lipinski definition) is 3. The molecular formula is C13H11F2N3O. The fourth-order valence-electron chi connectivity index (χ4n) is 1.44. The lowest BCUT2D eigenvalue weighted by Gasteiger charge is -2.08. The first-order valence-electron chi connectivity index (χ1n) is 5.43. The molecule has 0 saturated carbocycles. The van der Waals surface area contributed by atoms with Crippen molar-refractivity contribution in [3.63, 3.8) is 0 Å². The Kier molecular flexibility index (Phi) is 3.61. The van der Waals surface area contributed by atoms with Crippen LogP contribution in [0.4, 0.5) is 30.6 Å². The lowest BCUT2D eigenvalue weighted by atomic mass is 10.3. The van der Waals surface area contributed by atoms with Gasteiger partial charge in [0.05, 0.1) is 5.69 Å². The first-order chi connectivity index (χ1) is 9.04. The molecule has 0 aliphatic rings. The zero-order valence-electron chi connectivity index (χ0n) is 9.78. The molecule has 98 valence electrons.